The Bertz CT molecular complexity index is 509. The van der Waals surface area contributed by atoms with Gasteiger partial charge in [0.25, 0.3) is 0 Å². The topological polar surface area (TPSA) is 63.4 Å². The molecule has 4 nitrogen and oxygen atoms in total. The Morgan fingerprint density at radius 3 is 2.47 bits per heavy atom. The molecule has 0 aliphatic carbocycles. The highest BCUT2D eigenvalue weighted by Gasteiger charge is 2.24. The van der Waals surface area contributed by atoms with Crippen LogP contribution >= 0.6 is 0 Å². The summed E-state index contributed by atoms with van der Waals surface area (Å²) >= 11 is 0. The summed E-state index contributed by atoms with van der Waals surface area (Å²) in [6.45, 7) is 8.03. The van der Waals surface area contributed by atoms with Crippen LogP contribution in [0.2, 0.25) is 0 Å². The smallest absolute Gasteiger partial charge is 0.245 e. The van der Waals surface area contributed by atoms with Gasteiger partial charge in [-0.2, -0.15) is 4.31 Å². The monoisotopic (exact) mass is 254 g/mol. The van der Waals surface area contributed by atoms with Crippen LogP contribution in [0.25, 0.3) is 0 Å². The van der Waals surface area contributed by atoms with Crippen LogP contribution in [-0.4, -0.2) is 25.8 Å². The molecule has 0 amide bonds. The van der Waals surface area contributed by atoms with Gasteiger partial charge in [-0.1, -0.05) is 31.2 Å². The third kappa shape index (κ3) is 3.08. The van der Waals surface area contributed by atoms with Crippen molar-refractivity contribution in [2.24, 2.45) is 0 Å². The van der Waals surface area contributed by atoms with Crippen LogP contribution in [0.1, 0.15) is 13.8 Å². The highest BCUT2D eigenvalue weighted by atomic mass is 32.2. The molecule has 0 heterocycles. The van der Waals surface area contributed by atoms with Gasteiger partial charge in [0, 0.05) is 13.1 Å². The highest BCUT2D eigenvalue weighted by Crippen LogP contribution is 2.22. The molecule has 0 radical (unpaired) electrons. The van der Waals surface area contributed by atoms with E-state index in [1.54, 1.807) is 32.0 Å². The quantitative estimate of drug-likeness (QED) is 0.644. The Balaban J connectivity index is 3.18. The summed E-state index contributed by atoms with van der Waals surface area (Å²) in [5, 5.41) is 0. The molecule has 0 saturated heterocycles. The van der Waals surface area contributed by atoms with Crippen molar-refractivity contribution in [3.8, 4) is 0 Å². The van der Waals surface area contributed by atoms with E-state index in [1.165, 1.54) is 10.4 Å². The second-order valence-corrected chi connectivity index (χ2v) is 5.83. The summed E-state index contributed by atoms with van der Waals surface area (Å²) in [5.41, 5.74) is 6.77. The second-order valence-electron chi connectivity index (χ2n) is 3.93. The standard InChI is InChI=1S/C12H18N2O2S/c1-4-14(9-10(2)3)17(15,16)12-8-6-5-7-11(12)13/h5-8H,2,4,9,13H2,1,3H3. The van der Waals surface area contributed by atoms with Gasteiger partial charge in [-0.15, -0.1) is 0 Å². The molecule has 0 bridgehead atoms. The number of hydrogen-bond donors (Lipinski definition) is 1. The molecular weight excluding hydrogens is 236 g/mol. The molecular formula is C12H18N2O2S. The Kier molecular flexibility index (Phi) is 4.31. The minimum atomic E-state index is -3.53. The van der Waals surface area contributed by atoms with Crippen molar-refractivity contribution in [2.75, 3.05) is 18.8 Å². The van der Waals surface area contributed by atoms with Gasteiger partial charge in [-0.25, -0.2) is 8.42 Å². The predicted octanol–water partition coefficient (Wildman–Crippen LogP) is 1.86. The number of likely N-dealkylation sites (N-methyl/N-ethyl adjacent to an activating group) is 1. The molecule has 0 fully saturated rings. The number of benzene rings is 1. The van der Waals surface area contributed by atoms with Crippen LogP contribution in [-0.2, 0) is 10.0 Å². The predicted molar refractivity (Wildman–Crippen MR) is 70.1 cm³/mol. The number of nitrogen functional groups attached to an aromatic ring is 1. The Morgan fingerprint density at radius 2 is 2.00 bits per heavy atom. The first-order chi connectivity index (χ1) is 7.89. The van der Waals surface area contributed by atoms with Crippen LogP contribution in [0, 0.1) is 0 Å². The molecule has 0 aliphatic heterocycles. The van der Waals surface area contributed by atoms with Gasteiger partial charge in [-0.05, 0) is 19.1 Å². The highest BCUT2D eigenvalue weighted by molar-refractivity contribution is 7.89. The second kappa shape index (κ2) is 5.33. The van der Waals surface area contributed by atoms with E-state index in [0.29, 0.717) is 13.1 Å². The van der Waals surface area contributed by atoms with E-state index in [1.807, 2.05) is 0 Å². The number of para-hydroxylation sites is 1. The van der Waals surface area contributed by atoms with Crippen LogP contribution in [0.15, 0.2) is 41.3 Å². The van der Waals surface area contributed by atoms with Crippen LogP contribution in [0.4, 0.5) is 5.69 Å². The lowest BCUT2D eigenvalue weighted by atomic mass is 10.3. The fourth-order valence-electron chi connectivity index (χ4n) is 1.52. The van der Waals surface area contributed by atoms with Gasteiger partial charge in [0.05, 0.1) is 5.69 Å². The molecule has 1 rings (SSSR count). The zero-order chi connectivity index (χ0) is 13.1. The van der Waals surface area contributed by atoms with Gasteiger partial charge >= 0.3 is 0 Å². The molecule has 0 unspecified atom stereocenters. The van der Waals surface area contributed by atoms with E-state index in [4.69, 9.17) is 5.73 Å². The van der Waals surface area contributed by atoms with Crippen molar-refractivity contribution in [3.05, 3.63) is 36.4 Å². The Labute approximate surface area is 103 Å². The van der Waals surface area contributed by atoms with E-state index in [0.717, 1.165) is 5.57 Å². The zero-order valence-electron chi connectivity index (χ0n) is 10.2. The number of sulfonamides is 1. The van der Waals surface area contributed by atoms with Crippen molar-refractivity contribution in [1.82, 2.24) is 4.31 Å². The summed E-state index contributed by atoms with van der Waals surface area (Å²) in [7, 11) is -3.53. The lowest BCUT2D eigenvalue weighted by Gasteiger charge is -2.21. The summed E-state index contributed by atoms with van der Waals surface area (Å²) in [5.74, 6) is 0. The number of hydrogen-bond acceptors (Lipinski definition) is 3. The van der Waals surface area contributed by atoms with Crippen molar-refractivity contribution in [1.29, 1.82) is 0 Å². The largest absolute Gasteiger partial charge is 0.398 e. The van der Waals surface area contributed by atoms with Gasteiger partial charge in [0.2, 0.25) is 10.0 Å². The van der Waals surface area contributed by atoms with E-state index < -0.39 is 10.0 Å². The van der Waals surface area contributed by atoms with E-state index in [9.17, 15) is 8.42 Å². The minimum Gasteiger partial charge on any atom is -0.398 e. The number of anilines is 1. The molecule has 0 aromatic heterocycles. The molecule has 0 spiro atoms. The molecule has 5 heteroatoms. The average Bonchev–Trinajstić information content (AvgIpc) is 2.25. The molecule has 94 valence electrons. The van der Waals surface area contributed by atoms with Crippen LogP contribution < -0.4 is 5.73 Å². The van der Waals surface area contributed by atoms with E-state index in [-0.39, 0.29) is 10.6 Å². The molecule has 1 aromatic carbocycles. The van der Waals surface area contributed by atoms with Gasteiger partial charge in [-0.3, -0.25) is 0 Å². The molecule has 2 N–H and O–H groups in total. The fourth-order valence-corrected chi connectivity index (χ4v) is 3.15. The van der Waals surface area contributed by atoms with Crippen molar-refractivity contribution in [2.45, 2.75) is 18.7 Å². The number of nitrogens with zero attached hydrogens (tertiary/aromatic N) is 1. The van der Waals surface area contributed by atoms with Crippen LogP contribution in [0.3, 0.4) is 0 Å². The maximum Gasteiger partial charge on any atom is 0.245 e. The van der Waals surface area contributed by atoms with Crippen molar-refractivity contribution >= 4 is 15.7 Å². The minimum absolute atomic E-state index is 0.156. The lowest BCUT2D eigenvalue weighted by molar-refractivity contribution is 0.453. The summed E-state index contributed by atoms with van der Waals surface area (Å²) in [4.78, 5) is 0.156. The summed E-state index contributed by atoms with van der Waals surface area (Å²) in [6, 6.07) is 6.48. The first kappa shape index (κ1) is 13.7. The summed E-state index contributed by atoms with van der Waals surface area (Å²) < 4.78 is 26.0. The van der Waals surface area contributed by atoms with E-state index in [2.05, 4.69) is 6.58 Å². The fraction of sp³-hybridized carbons (Fsp3) is 0.333. The zero-order valence-corrected chi connectivity index (χ0v) is 11.0. The van der Waals surface area contributed by atoms with Crippen molar-refractivity contribution in [3.63, 3.8) is 0 Å². The maximum absolute atomic E-state index is 12.3. The van der Waals surface area contributed by atoms with Gasteiger partial charge < -0.3 is 5.73 Å². The van der Waals surface area contributed by atoms with Crippen molar-refractivity contribution < 1.29 is 8.42 Å². The molecule has 0 saturated carbocycles. The average molecular weight is 254 g/mol. The number of rotatable bonds is 5. The Hall–Kier alpha value is -1.33. The first-order valence-electron chi connectivity index (χ1n) is 5.38. The Morgan fingerprint density at radius 1 is 1.41 bits per heavy atom. The molecule has 0 atom stereocenters. The van der Waals surface area contributed by atoms with Crippen LogP contribution in [0.5, 0.6) is 0 Å². The maximum atomic E-state index is 12.3. The third-order valence-electron chi connectivity index (χ3n) is 2.34. The van der Waals surface area contributed by atoms with Gasteiger partial charge in [0.15, 0.2) is 0 Å². The summed E-state index contributed by atoms with van der Waals surface area (Å²) in [6.07, 6.45) is 0. The molecule has 17 heavy (non-hydrogen) atoms. The SMILES string of the molecule is C=C(C)CN(CC)S(=O)(=O)c1ccccc1N. The first-order valence-corrected chi connectivity index (χ1v) is 6.82. The number of nitrogens with two attached hydrogens (primary N) is 1. The molecule has 0 aliphatic rings. The third-order valence-corrected chi connectivity index (χ3v) is 4.33. The van der Waals surface area contributed by atoms with E-state index >= 15 is 0 Å². The normalized spacial score (nSPS) is 11.7. The molecule has 1 aromatic rings. The lowest BCUT2D eigenvalue weighted by Crippen LogP contribution is -2.32. The van der Waals surface area contributed by atoms with Gasteiger partial charge in [0.1, 0.15) is 4.90 Å².